The number of para-hydroxylation sites is 1. The minimum absolute atomic E-state index is 0.0390. The molecule has 0 radical (unpaired) electrons. The summed E-state index contributed by atoms with van der Waals surface area (Å²) in [5.41, 5.74) is 9.54. The van der Waals surface area contributed by atoms with E-state index in [0.717, 1.165) is 43.1 Å². The molecule has 2 heterocycles. The van der Waals surface area contributed by atoms with Gasteiger partial charge in [0.25, 0.3) is 0 Å². The number of piperidine rings is 1. The van der Waals surface area contributed by atoms with Gasteiger partial charge in [0, 0.05) is 36.7 Å². The molecular weight excluding hydrogens is 696 g/mol. The van der Waals surface area contributed by atoms with Crippen molar-refractivity contribution in [3.05, 3.63) is 124 Å². The maximum absolute atomic E-state index is 14.3. The molecule has 1 aromatic heterocycles. The Morgan fingerprint density at radius 1 is 0.870 bits per heavy atom. The highest BCUT2D eigenvalue weighted by atomic mass is 19.4. The van der Waals surface area contributed by atoms with E-state index in [1.54, 1.807) is 60.7 Å². The van der Waals surface area contributed by atoms with Gasteiger partial charge in [-0.25, -0.2) is 9.07 Å². The Bertz CT molecular complexity index is 2250. The lowest BCUT2D eigenvalue weighted by atomic mass is 9.94. The first-order chi connectivity index (χ1) is 26.0. The lowest BCUT2D eigenvalue weighted by Gasteiger charge is -2.36. The van der Waals surface area contributed by atoms with Crippen LogP contribution >= 0.6 is 0 Å². The number of nitrogens with zero attached hydrogens (tertiary/aromatic N) is 3. The normalized spacial score (nSPS) is 16.7. The Balaban J connectivity index is 1.06. The lowest BCUT2D eigenvalue weighted by Crippen LogP contribution is -2.43. The zero-order chi connectivity index (χ0) is 37.6. The summed E-state index contributed by atoms with van der Waals surface area (Å²) in [6, 6.07) is 21.0. The number of alkyl halides is 3. The van der Waals surface area contributed by atoms with Gasteiger partial charge in [0.05, 0.1) is 23.0 Å². The predicted octanol–water partition coefficient (Wildman–Crippen LogP) is 9.99. The summed E-state index contributed by atoms with van der Waals surface area (Å²) in [7, 11) is 0. The average molecular weight is 737 g/mol. The summed E-state index contributed by atoms with van der Waals surface area (Å²) in [6.45, 7) is 3.60. The fourth-order valence-electron chi connectivity index (χ4n) is 8.04. The molecule has 0 spiro atoms. The number of halogens is 4. The maximum Gasteiger partial charge on any atom is 0.417 e. The van der Waals surface area contributed by atoms with Gasteiger partial charge in [0.15, 0.2) is 17.3 Å². The molecule has 1 aliphatic heterocycles. The van der Waals surface area contributed by atoms with Gasteiger partial charge in [-0.05, 0) is 109 Å². The number of nitrogen functional groups attached to an aromatic ring is 1. The summed E-state index contributed by atoms with van der Waals surface area (Å²) in [6.07, 6.45) is 5.21. The number of aromatic nitrogens is 2. The van der Waals surface area contributed by atoms with Crippen molar-refractivity contribution in [2.24, 2.45) is 0 Å². The number of hydrogen-bond acceptors (Lipinski definition) is 6. The van der Waals surface area contributed by atoms with Crippen LogP contribution in [0.4, 0.5) is 23.4 Å². The standard InChI is InChI=1S/C43H40F4N4O3/c1-26-20-31(14-15-38(26)54-39-13-7-6-12-37(39)44)51-42(48)35(25-49-51)41(52)29-21-27-23-34(33-10-4-5-11-36(33)43(45,46)47)40(24-28(27)22-29)53-32-16-18-50(19-17-32)30-8-2-3-9-30/h4-7,10-15,20,22-25,30,32H,2-3,8-9,16-19,21,48H2,1H3. The average Bonchev–Trinajstić information content (AvgIpc) is 3.93. The van der Waals surface area contributed by atoms with Crippen LogP contribution in [0.1, 0.15) is 71.1 Å². The van der Waals surface area contributed by atoms with E-state index in [1.165, 1.54) is 54.8 Å². The van der Waals surface area contributed by atoms with Gasteiger partial charge >= 0.3 is 6.18 Å². The summed E-state index contributed by atoms with van der Waals surface area (Å²) in [5.74, 6) is 0.248. The molecule has 5 aromatic rings. The molecule has 0 bridgehead atoms. The van der Waals surface area contributed by atoms with Crippen molar-refractivity contribution >= 4 is 17.7 Å². The van der Waals surface area contributed by atoms with Crippen molar-refractivity contribution in [2.45, 2.75) is 70.2 Å². The highest BCUT2D eigenvalue weighted by molar-refractivity contribution is 6.15. The highest BCUT2D eigenvalue weighted by Gasteiger charge is 2.35. The van der Waals surface area contributed by atoms with Crippen molar-refractivity contribution in [2.75, 3.05) is 18.8 Å². The van der Waals surface area contributed by atoms with Crippen molar-refractivity contribution in [3.63, 3.8) is 0 Å². The van der Waals surface area contributed by atoms with E-state index < -0.39 is 17.6 Å². The van der Waals surface area contributed by atoms with E-state index in [9.17, 15) is 22.4 Å². The molecule has 1 saturated carbocycles. The monoisotopic (exact) mass is 736 g/mol. The molecule has 2 aliphatic carbocycles. The number of anilines is 1. The van der Waals surface area contributed by atoms with Crippen LogP contribution in [-0.2, 0) is 12.6 Å². The van der Waals surface area contributed by atoms with Crippen LogP contribution in [0.15, 0.2) is 90.6 Å². The summed E-state index contributed by atoms with van der Waals surface area (Å²) < 4.78 is 70.9. The third kappa shape index (κ3) is 7.00. The van der Waals surface area contributed by atoms with Crippen LogP contribution in [0.2, 0.25) is 0 Å². The molecule has 1 saturated heterocycles. The van der Waals surface area contributed by atoms with E-state index in [2.05, 4.69) is 10.00 Å². The zero-order valence-electron chi connectivity index (χ0n) is 29.8. The molecule has 3 aliphatic rings. The Kier molecular flexibility index (Phi) is 9.51. The number of carbonyl (C=O) groups is 1. The first kappa shape index (κ1) is 35.6. The smallest absolute Gasteiger partial charge is 0.417 e. The molecule has 0 unspecified atom stereocenters. The molecule has 2 N–H and O–H groups in total. The number of nitrogens with two attached hydrogens (primary N) is 1. The molecule has 8 rings (SSSR count). The van der Waals surface area contributed by atoms with Gasteiger partial charge in [-0.1, -0.05) is 43.2 Å². The number of fused-ring (bicyclic) bond motifs is 1. The van der Waals surface area contributed by atoms with Crippen LogP contribution in [0.5, 0.6) is 17.2 Å². The van der Waals surface area contributed by atoms with E-state index in [1.807, 2.05) is 6.92 Å². The number of Topliss-reactive ketones (excluding diaryl/α,β-unsaturated/α-hetero) is 1. The Hall–Kier alpha value is -5.42. The van der Waals surface area contributed by atoms with Gasteiger partial charge < -0.3 is 20.1 Å². The molecule has 7 nitrogen and oxygen atoms in total. The number of aryl methyl sites for hydroxylation is 1. The quantitative estimate of drug-likeness (QED) is 0.120. The van der Waals surface area contributed by atoms with Gasteiger partial charge in [-0.3, -0.25) is 4.79 Å². The largest absolute Gasteiger partial charge is 0.490 e. The van der Waals surface area contributed by atoms with Crippen molar-refractivity contribution in [1.82, 2.24) is 14.7 Å². The van der Waals surface area contributed by atoms with Gasteiger partial charge in [-0.15, -0.1) is 0 Å². The van der Waals surface area contributed by atoms with E-state index in [4.69, 9.17) is 15.2 Å². The topological polar surface area (TPSA) is 82.6 Å². The van der Waals surface area contributed by atoms with Crippen LogP contribution in [0.3, 0.4) is 0 Å². The van der Waals surface area contributed by atoms with Crippen LogP contribution in [-0.4, -0.2) is 45.7 Å². The molecular formula is C43H40F4N4O3. The van der Waals surface area contributed by atoms with E-state index >= 15 is 0 Å². The van der Waals surface area contributed by atoms with E-state index in [0.29, 0.717) is 39.9 Å². The van der Waals surface area contributed by atoms with Gasteiger partial charge in [0.2, 0.25) is 0 Å². The molecule has 0 atom stereocenters. The van der Waals surface area contributed by atoms with Crippen molar-refractivity contribution in [1.29, 1.82) is 0 Å². The Morgan fingerprint density at radius 2 is 1.61 bits per heavy atom. The number of benzene rings is 4. The second kappa shape index (κ2) is 14.4. The fourth-order valence-corrected chi connectivity index (χ4v) is 8.04. The van der Waals surface area contributed by atoms with E-state index in [-0.39, 0.29) is 41.0 Å². The second-order valence-electron chi connectivity index (χ2n) is 14.4. The number of ether oxygens (including phenoxy) is 2. The van der Waals surface area contributed by atoms with Gasteiger partial charge in [0.1, 0.15) is 23.4 Å². The van der Waals surface area contributed by atoms with Crippen molar-refractivity contribution < 1.29 is 31.8 Å². The van der Waals surface area contributed by atoms with Crippen LogP contribution < -0.4 is 15.2 Å². The Morgan fingerprint density at radius 3 is 2.35 bits per heavy atom. The summed E-state index contributed by atoms with van der Waals surface area (Å²) in [5, 5.41) is 4.41. The Labute approximate surface area is 311 Å². The first-order valence-electron chi connectivity index (χ1n) is 18.4. The number of ketones is 1. The minimum atomic E-state index is -4.57. The minimum Gasteiger partial charge on any atom is -0.490 e. The predicted molar refractivity (Wildman–Crippen MR) is 200 cm³/mol. The summed E-state index contributed by atoms with van der Waals surface area (Å²) >= 11 is 0. The fraction of sp³-hybridized carbons (Fsp3) is 0.302. The zero-order valence-corrected chi connectivity index (χ0v) is 29.8. The maximum atomic E-state index is 14.3. The molecule has 4 aromatic carbocycles. The number of likely N-dealkylation sites (tertiary alicyclic amines) is 1. The van der Waals surface area contributed by atoms with Gasteiger partial charge in [-0.2, -0.15) is 18.3 Å². The highest BCUT2D eigenvalue weighted by Crippen LogP contribution is 2.44. The number of hydrogen-bond donors (Lipinski definition) is 1. The molecule has 278 valence electrons. The number of carbonyl (C=O) groups excluding carboxylic acids is 1. The second-order valence-corrected chi connectivity index (χ2v) is 14.4. The number of allylic oxidation sites excluding steroid dienone is 1. The molecule has 11 heteroatoms. The van der Waals surface area contributed by atoms with Crippen LogP contribution in [0.25, 0.3) is 22.9 Å². The molecule has 0 amide bonds. The third-order valence-electron chi connectivity index (χ3n) is 10.9. The van der Waals surface area contributed by atoms with Crippen LogP contribution in [0, 0.1) is 12.7 Å². The summed E-state index contributed by atoms with van der Waals surface area (Å²) in [4.78, 5) is 16.5. The van der Waals surface area contributed by atoms with Crippen molar-refractivity contribution in [3.8, 4) is 34.1 Å². The first-order valence-corrected chi connectivity index (χ1v) is 18.4. The lowest BCUT2D eigenvalue weighted by molar-refractivity contribution is -0.137. The molecule has 54 heavy (non-hydrogen) atoms. The molecule has 2 fully saturated rings. The number of rotatable bonds is 9. The SMILES string of the molecule is Cc1cc(-n2ncc(C(=O)C3=Cc4cc(OC5CCN(C6CCCC6)CC5)c(-c5ccccc5C(F)(F)F)cc4C3)c2N)ccc1Oc1ccccc1F. The third-order valence-corrected chi connectivity index (χ3v) is 10.9.